The maximum absolute atomic E-state index is 14.8. The van der Waals surface area contributed by atoms with Gasteiger partial charge in [0.2, 0.25) is 0 Å². The molecule has 0 saturated heterocycles. The molecule has 2 aromatic heterocycles. The molecule has 4 rings (SSSR count). The fraction of sp³-hybridized carbons (Fsp3) is 0.267. The predicted octanol–water partition coefficient (Wildman–Crippen LogP) is 6.69. The average Bonchev–Trinajstić information content (AvgIpc) is 3.33. The van der Waals surface area contributed by atoms with Crippen LogP contribution in [0.1, 0.15) is 45.0 Å². The van der Waals surface area contributed by atoms with Gasteiger partial charge < -0.3 is 19.9 Å². The summed E-state index contributed by atoms with van der Waals surface area (Å²) < 4.78 is 27.7. The molecule has 0 aliphatic rings. The summed E-state index contributed by atoms with van der Waals surface area (Å²) in [6.07, 6.45) is 2.03. The monoisotopic (exact) mass is 561 g/mol. The van der Waals surface area contributed by atoms with Gasteiger partial charge in [0, 0.05) is 41.9 Å². The van der Waals surface area contributed by atoms with Crippen LogP contribution < -0.4 is 20.1 Å². The molecule has 0 atom stereocenters. The van der Waals surface area contributed by atoms with E-state index in [0.29, 0.717) is 29.4 Å². The van der Waals surface area contributed by atoms with Gasteiger partial charge in [0.25, 0.3) is 0 Å². The molecule has 3 N–H and O–H groups in total. The minimum atomic E-state index is -0.869. The van der Waals surface area contributed by atoms with Crippen molar-refractivity contribution >= 4 is 23.5 Å². The summed E-state index contributed by atoms with van der Waals surface area (Å²) in [6.45, 7) is 8.12. The third-order valence-corrected chi connectivity index (χ3v) is 5.90. The number of carbonyl (C=O) groups excluding carboxylic acids is 1. The maximum Gasteiger partial charge on any atom is 0.324 e. The summed E-state index contributed by atoms with van der Waals surface area (Å²) in [7, 11) is 0. The number of pyridine rings is 1. The van der Waals surface area contributed by atoms with Gasteiger partial charge in [0.15, 0.2) is 0 Å². The number of anilines is 2. The Morgan fingerprint density at radius 1 is 0.976 bits per heavy atom. The summed E-state index contributed by atoms with van der Waals surface area (Å²) in [5.74, 6) is 0.238. The molecular formula is C30H32FN5O5. The zero-order valence-electron chi connectivity index (χ0n) is 23.3. The molecule has 2 amide bonds. The first-order valence-electron chi connectivity index (χ1n) is 13.0. The second-order valence-corrected chi connectivity index (χ2v) is 10.4. The molecule has 2 aromatic carbocycles. The Balaban J connectivity index is 1.46. The number of nitrogens with zero attached hydrogens (tertiary/aromatic N) is 3. The highest BCUT2D eigenvalue weighted by molar-refractivity contribution is 5.99. The zero-order chi connectivity index (χ0) is 29.6. The van der Waals surface area contributed by atoms with Crippen LogP contribution in [0.3, 0.4) is 0 Å². The number of hydrogen-bond acceptors (Lipinski definition) is 6. The number of aryl methyl sites for hydroxylation is 1. The second kappa shape index (κ2) is 12.5. The SMILES string of the molecule is Cc1cc(Oc2ccc(NC(=O)Nc3cc(C(C)(C)C)nn3-c3ccc(OCCCC(=O)O)cc3)c(F)c2)ccn1. The Labute approximate surface area is 237 Å². The van der Waals surface area contributed by atoms with Crippen LogP contribution in [0.15, 0.2) is 66.9 Å². The van der Waals surface area contributed by atoms with E-state index >= 15 is 0 Å². The molecule has 0 bridgehead atoms. The number of hydrogen-bond donors (Lipinski definition) is 3. The fourth-order valence-corrected chi connectivity index (χ4v) is 3.78. The highest BCUT2D eigenvalue weighted by Crippen LogP contribution is 2.29. The third kappa shape index (κ3) is 8.04. The zero-order valence-corrected chi connectivity index (χ0v) is 23.3. The van der Waals surface area contributed by atoms with Gasteiger partial charge >= 0.3 is 12.0 Å². The number of carboxylic acid groups (broad SMARTS) is 1. The van der Waals surface area contributed by atoms with Crippen LogP contribution in [-0.2, 0) is 10.2 Å². The van der Waals surface area contributed by atoms with Crippen LogP contribution in [0.4, 0.5) is 20.7 Å². The van der Waals surface area contributed by atoms with E-state index in [1.165, 1.54) is 12.1 Å². The van der Waals surface area contributed by atoms with Crippen LogP contribution in [-0.4, -0.2) is 38.5 Å². The highest BCUT2D eigenvalue weighted by Gasteiger charge is 2.22. The molecule has 11 heteroatoms. The number of aliphatic carboxylic acids is 1. The molecule has 0 aliphatic carbocycles. The fourth-order valence-electron chi connectivity index (χ4n) is 3.78. The summed E-state index contributed by atoms with van der Waals surface area (Å²) in [5, 5.41) is 18.7. The third-order valence-electron chi connectivity index (χ3n) is 5.90. The largest absolute Gasteiger partial charge is 0.494 e. The Hall–Kier alpha value is -4.93. The smallest absolute Gasteiger partial charge is 0.324 e. The van der Waals surface area contributed by atoms with Crippen molar-refractivity contribution in [1.29, 1.82) is 0 Å². The predicted molar refractivity (Wildman–Crippen MR) is 153 cm³/mol. The van der Waals surface area contributed by atoms with Crippen molar-refractivity contribution in [2.24, 2.45) is 0 Å². The lowest BCUT2D eigenvalue weighted by molar-refractivity contribution is -0.137. The number of amides is 2. The topological polar surface area (TPSA) is 128 Å². The van der Waals surface area contributed by atoms with E-state index in [2.05, 4.69) is 20.7 Å². The quantitative estimate of drug-likeness (QED) is 0.184. The Kier molecular flexibility index (Phi) is 8.86. The number of carboxylic acids is 1. The first-order valence-corrected chi connectivity index (χ1v) is 13.0. The van der Waals surface area contributed by atoms with Crippen LogP contribution in [0.2, 0.25) is 0 Å². The van der Waals surface area contributed by atoms with Crippen molar-refractivity contribution in [2.75, 3.05) is 17.2 Å². The van der Waals surface area contributed by atoms with Gasteiger partial charge in [0.1, 0.15) is 28.9 Å². The molecule has 0 fully saturated rings. The molecule has 4 aromatic rings. The number of rotatable bonds is 10. The molecule has 0 aliphatic heterocycles. The van der Waals surface area contributed by atoms with Crippen molar-refractivity contribution in [3.05, 3.63) is 84.1 Å². The van der Waals surface area contributed by atoms with Crippen LogP contribution in [0.5, 0.6) is 17.2 Å². The maximum atomic E-state index is 14.8. The lowest BCUT2D eigenvalue weighted by Gasteiger charge is -2.14. The number of nitrogens with one attached hydrogen (secondary N) is 2. The first kappa shape index (κ1) is 29.1. The van der Waals surface area contributed by atoms with Gasteiger partial charge in [-0.3, -0.25) is 15.1 Å². The number of aromatic nitrogens is 3. The molecular weight excluding hydrogens is 529 g/mol. The number of urea groups is 1. The highest BCUT2D eigenvalue weighted by atomic mass is 19.1. The summed E-state index contributed by atoms with van der Waals surface area (Å²) >= 11 is 0. The van der Waals surface area contributed by atoms with E-state index in [-0.39, 0.29) is 29.9 Å². The van der Waals surface area contributed by atoms with E-state index in [1.54, 1.807) is 59.4 Å². The van der Waals surface area contributed by atoms with Crippen molar-refractivity contribution in [3.8, 4) is 22.9 Å². The van der Waals surface area contributed by atoms with Gasteiger partial charge in [-0.15, -0.1) is 0 Å². The number of halogens is 1. The Bertz CT molecular complexity index is 1530. The van der Waals surface area contributed by atoms with Gasteiger partial charge in [-0.2, -0.15) is 5.10 Å². The molecule has 10 nitrogen and oxygen atoms in total. The summed E-state index contributed by atoms with van der Waals surface area (Å²) in [6, 6.07) is 15.7. The van der Waals surface area contributed by atoms with Gasteiger partial charge in [-0.25, -0.2) is 13.9 Å². The number of carbonyl (C=O) groups is 2. The molecule has 0 saturated carbocycles. The van der Waals surface area contributed by atoms with Crippen molar-refractivity contribution in [3.63, 3.8) is 0 Å². The molecule has 41 heavy (non-hydrogen) atoms. The van der Waals surface area contributed by atoms with E-state index in [1.807, 2.05) is 27.7 Å². The Morgan fingerprint density at radius 3 is 2.34 bits per heavy atom. The normalized spacial score (nSPS) is 11.1. The molecule has 0 radical (unpaired) electrons. The lowest BCUT2D eigenvalue weighted by atomic mass is 9.92. The minimum absolute atomic E-state index is 0.0210. The second-order valence-electron chi connectivity index (χ2n) is 10.4. The summed E-state index contributed by atoms with van der Waals surface area (Å²) in [5.41, 5.74) is 1.84. The van der Waals surface area contributed by atoms with Gasteiger partial charge in [-0.05, 0) is 55.8 Å². The lowest BCUT2D eigenvalue weighted by Crippen LogP contribution is -2.22. The minimum Gasteiger partial charge on any atom is -0.494 e. The van der Waals surface area contributed by atoms with E-state index < -0.39 is 17.8 Å². The standard InChI is InChI=1S/C30H32FN5O5/c1-19-16-23(13-14-32-19)41-22-11-12-25(24(31)17-22)33-29(39)34-27-18-26(30(2,3)4)35-36(27)20-7-9-21(10-8-20)40-15-5-6-28(37)38/h7-14,16-18H,5-6,15H2,1-4H3,(H,37,38)(H2,33,34,39). The van der Waals surface area contributed by atoms with Crippen molar-refractivity contribution in [1.82, 2.24) is 14.8 Å². The summed E-state index contributed by atoms with van der Waals surface area (Å²) in [4.78, 5) is 27.7. The van der Waals surface area contributed by atoms with Crippen molar-refractivity contribution < 1.29 is 28.6 Å². The van der Waals surface area contributed by atoms with Crippen LogP contribution in [0, 0.1) is 12.7 Å². The molecule has 214 valence electrons. The molecule has 0 unspecified atom stereocenters. The Morgan fingerprint density at radius 2 is 1.68 bits per heavy atom. The van der Waals surface area contributed by atoms with Gasteiger partial charge in [-0.1, -0.05) is 20.8 Å². The van der Waals surface area contributed by atoms with Crippen LogP contribution in [0.25, 0.3) is 5.69 Å². The van der Waals surface area contributed by atoms with E-state index in [0.717, 1.165) is 11.4 Å². The molecule has 2 heterocycles. The van der Waals surface area contributed by atoms with Crippen molar-refractivity contribution in [2.45, 2.75) is 46.0 Å². The average molecular weight is 562 g/mol. The van der Waals surface area contributed by atoms with E-state index in [9.17, 15) is 14.0 Å². The van der Waals surface area contributed by atoms with Gasteiger partial charge in [0.05, 0.1) is 23.7 Å². The number of ether oxygens (including phenoxy) is 2. The first-order chi connectivity index (χ1) is 19.5. The number of benzene rings is 2. The van der Waals surface area contributed by atoms with Crippen LogP contribution >= 0.6 is 0 Å². The molecule has 0 spiro atoms. The van der Waals surface area contributed by atoms with E-state index in [4.69, 9.17) is 14.6 Å².